The summed E-state index contributed by atoms with van der Waals surface area (Å²) in [5.41, 5.74) is -1.20. The molecule has 1 N–H and O–H groups in total. The molecule has 0 bridgehead atoms. The summed E-state index contributed by atoms with van der Waals surface area (Å²) in [6.45, 7) is 18.4. The molecule has 10 heteroatoms. The van der Waals surface area contributed by atoms with Crippen molar-refractivity contribution in [3.8, 4) is 11.8 Å². The molecule has 0 aliphatic heterocycles. The summed E-state index contributed by atoms with van der Waals surface area (Å²) in [6.07, 6.45) is 2.04. The van der Waals surface area contributed by atoms with Gasteiger partial charge >= 0.3 is 6.09 Å². The Morgan fingerprint density at radius 2 is 1.93 bits per heavy atom. The second kappa shape index (κ2) is 11.2. The maximum absolute atomic E-state index is 15.0. The number of aryl methyl sites for hydroxylation is 1. The number of hydrogen-bond donors (Lipinski definition) is 1. The lowest BCUT2D eigenvalue weighted by Gasteiger charge is -2.20. The number of allylic oxidation sites excluding steroid dienone is 1. The Labute approximate surface area is 236 Å². The number of methoxy groups -OCH3 is 1. The van der Waals surface area contributed by atoms with E-state index in [1.54, 1.807) is 48.4 Å². The van der Waals surface area contributed by atoms with Gasteiger partial charge < -0.3 is 9.47 Å². The van der Waals surface area contributed by atoms with Gasteiger partial charge in [-0.2, -0.15) is 18.3 Å². The molecule has 0 radical (unpaired) electrons. The van der Waals surface area contributed by atoms with Crippen molar-refractivity contribution in [2.75, 3.05) is 12.4 Å². The number of hydrogen-bond acceptors (Lipinski definition) is 4. The first-order valence-electron chi connectivity index (χ1n) is 13.0. The number of aromatic nitrogens is 2. The van der Waals surface area contributed by atoms with Gasteiger partial charge in [-0.3, -0.25) is 9.72 Å². The van der Waals surface area contributed by atoms with Crippen LogP contribution in [0.4, 0.5) is 19.4 Å². The van der Waals surface area contributed by atoms with E-state index < -0.39 is 17.4 Å². The number of ether oxygens (including phenoxy) is 2. The van der Waals surface area contributed by atoms with Crippen LogP contribution in [0.5, 0.6) is 5.75 Å². The van der Waals surface area contributed by atoms with E-state index in [-0.39, 0.29) is 28.1 Å². The summed E-state index contributed by atoms with van der Waals surface area (Å²) in [7, 11) is 3.09. The standard InChI is InChI=1S/C30H37F2N4O3P/c1-11-17(4)15-35-21-12-13-22(38-10)18(5)25(21)36-26(24(35)16(2)3)23(19(6)30(31,32)40)20(14-33)27(36)34-28(37)39-29(7,8)9/h12-13,15,17H,2,11,40H2,1,3-10H3/p+1/b23-19+,35-15?. The lowest BCUT2D eigenvalue weighted by Crippen LogP contribution is -2.30. The highest BCUT2D eigenvalue weighted by Gasteiger charge is 2.34. The monoisotopic (exact) mass is 571 g/mol. The Morgan fingerprint density at radius 1 is 1.30 bits per heavy atom. The zero-order valence-electron chi connectivity index (χ0n) is 24.6. The van der Waals surface area contributed by atoms with Crippen molar-refractivity contribution in [1.29, 1.82) is 5.26 Å². The van der Waals surface area contributed by atoms with Crippen molar-refractivity contribution >= 4 is 48.8 Å². The molecule has 0 fully saturated rings. The minimum absolute atomic E-state index is 0.0157. The number of carbonyl (C=O) groups excluding carboxylic acids is 1. The topological polar surface area (TPSA) is 81.7 Å². The van der Waals surface area contributed by atoms with Gasteiger partial charge in [-0.05, 0) is 54.0 Å². The number of carbonyl (C=O) groups is 1. The van der Waals surface area contributed by atoms with Crippen molar-refractivity contribution in [2.45, 2.75) is 73.1 Å². The molecule has 0 spiro atoms. The Bertz CT molecular complexity index is 1690. The van der Waals surface area contributed by atoms with Crippen molar-refractivity contribution in [3.05, 3.63) is 47.0 Å². The first kappa shape index (κ1) is 31.0. The highest BCUT2D eigenvalue weighted by Crippen LogP contribution is 2.36. The SMILES string of the molecule is C=C(C)c1c2/c(=C(\C)C(F)(F)P)c(C#N)c(NC(=O)OC(C)(C)C)n2c2c(C)c(OC)ccc2[n+]1=CC(C)CC. The molecule has 2 unspecified atom stereocenters. The van der Waals surface area contributed by atoms with Crippen molar-refractivity contribution < 1.29 is 27.3 Å². The normalized spacial score (nSPS) is 14.2. The summed E-state index contributed by atoms with van der Waals surface area (Å²) in [5.74, 6) is 0.702. The summed E-state index contributed by atoms with van der Waals surface area (Å²) in [5, 5.41) is 13.1. The quantitative estimate of drug-likeness (QED) is 0.266. The third kappa shape index (κ3) is 5.69. The van der Waals surface area contributed by atoms with Crippen molar-refractivity contribution in [3.63, 3.8) is 0 Å². The smallest absolute Gasteiger partial charge is 0.413 e. The first-order chi connectivity index (χ1) is 18.5. The molecule has 2 aromatic heterocycles. The van der Waals surface area contributed by atoms with Gasteiger partial charge in [0.2, 0.25) is 11.2 Å². The number of nitrogens with one attached hydrogen (secondary N) is 1. The van der Waals surface area contributed by atoms with Crippen LogP contribution in [0.15, 0.2) is 18.7 Å². The van der Waals surface area contributed by atoms with Crippen LogP contribution in [-0.2, 0) is 4.74 Å². The van der Waals surface area contributed by atoms with Crippen LogP contribution < -0.4 is 19.5 Å². The van der Waals surface area contributed by atoms with E-state index in [1.165, 1.54) is 6.92 Å². The number of anilines is 1. The molecule has 2 atom stereocenters. The molecule has 0 aliphatic carbocycles. The third-order valence-corrected chi connectivity index (χ3v) is 7.19. The number of halogens is 2. The van der Waals surface area contributed by atoms with Crippen LogP contribution in [0.25, 0.3) is 27.7 Å². The molecule has 0 saturated heterocycles. The zero-order chi connectivity index (χ0) is 30.3. The Kier molecular flexibility index (Phi) is 8.67. The van der Waals surface area contributed by atoms with E-state index in [4.69, 9.17) is 9.47 Å². The Hall–Kier alpha value is -3.50. The van der Waals surface area contributed by atoms with Crippen molar-refractivity contribution in [1.82, 2.24) is 4.40 Å². The number of fused-ring (bicyclic) bond motifs is 3. The van der Waals surface area contributed by atoms with Crippen LogP contribution in [0.3, 0.4) is 0 Å². The fraction of sp³-hybridized carbons (Fsp3) is 0.433. The number of rotatable bonds is 6. The summed E-state index contributed by atoms with van der Waals surface area (Å²) in [6, 6.07) is 5.79. The maximum Gasteiger partial charge on any atom is 0.413 e. The lowest BCUT2D eigenvalue weighted by molar-refractivity contribution is -0.486. The second-order valence-electron chi connectivity index (χ2n) is 11.1. The minimum Gasteiger partial charge on any atom is -0.496 e. The van der Waals surface area contributed by atoms with Crippen LogP contribution in [0, 0.1) is 30.4 Å². The zero-order valence-corrected chi connectivity index (χ0v) is 25.8. The summed E-state index contributed by atoms with van der Waals surface area (Å²) in [4.78, 5) is 13.1. The number of benzene rings is 1. The van der Waals surface area contributed by atoms with E-state index >= 15 is 0 Å². The fourth-order valence-corrected chi connectivity index (χ4v) is 4.85. The van der Waals surface area contributed by atoms with Gasteiger partial charge in [-0.15, -0.1) is 0 Å². The van der Waals surface area contributed by atoms with Crippen LogP contribution >= 0.6 is 9.24 Å². The molecular weight excluding hydrogens is 533 g/mol. The van der Waals surface area contributed by atoms with Gasteiger partial charge in [0.05, 0.1) is 7.11 Å². The molecule has 1 amide bonds. The van der Waals surface area contributed by atoms with Gasteiger partial charge in [0.15, 0.2) is 6.21 Å². The molecule has 214 valence electrons. The molecular formula is C30H38F2N4O3P+. The molecule has 3 aromatic rings. The first-order valence-corrected chi connectivity index (χ1v) is 13.6. The van der Waals surface area contributed by atoms with Crippen molar-refractivity contribution in [2.24, 2.45) is 5.92 Å². The number of alkyl halides is 2. The third-order valence-electron chi connectivity index (χ3n) is 6.76. The highest BCUT2D eigenvalue weighted by atomic mass is 31.0. The predicted octanol–water partition coefficient (Wildman–Crippen LogP) is 6.64. The average Bonchev–Trinajstić information content (AvgIpc) is 3.14. The predicted molar refractivity (Wildman–Crippen MR) is 158 cm³/mol. The maximum atomic E-state index is 15.0. The van der Waals surface area contributed by atoms with Gasteiger partial charge in [0.1, 0.15) is 39.8 Å². The Balaban J connectivity index is 2.88. The molecule has 3 rings (SSSR count). The number of nitriles is 1. The van der Waals surface area contributed by atoms with Gasteiger partial charge in [0, 0.05) is 33.9 Å². The molecule has 2 heterocycles. The van der Waals surface area contributed by atoms with Gasteiger partial charge in [-0.1, -0.05) is 29.7 Å². The number of nitrogens with zero attached hydrogens (tertiary/aromatic N) is 3. The van der Waals surface area contributed by atoms with Gasteiger partial charge in [0.25, 0.3) is 5.66 Å². The summed E-state index contributed by atoms with van der Waals surface area (Å²) >= 11 is 0. The molecule has 1 aromatic carbocycles. The lowest BCUT2D eigenvalue weighted by atomic mass is 10.1. The van der Waals surface area contributed by atoms with E-state index in [0.29, 0.717) is 33.6 Å². The van der Waals surface area contributed by atoms with E-state index in [1.807, 2.05) is 29.5 Å². The van der Waals surface area contributed by atoms with E-state index in [0.717, 1.165) is 11.9 Å². The molecule has 0 saturated carbocycles. The molecule has 0 aliphatic rings. The van der Waals surface area contributed by atoms with Crippen LogP contribution in [-0.4, -0.2) is 28.9 Å². The molecule has 7 nitrogen and oxygen atoms in total. The van der Waals surface area contributed by atoms with E-state index in [9.17, 15) is 18.8 Å². The summed E-state index contributed by atoms with van der Waals surface area (Å²) < 4.78 is 44.7. The largest absolute Gasteiger partial charge is 0.496 e. The fourth-order valence-electron chi connectivity index (χ4n) is 4.70. The minimum atomic E-state index is -3.34. The average molecular weight is 572 g/mol. The number of amides is 1. The van der Waals surface area contributed by atoms with E-state index in [2.05, 4.69) is 31.8 Å². The molecule has 40 heavy (non-hydrogen) atoms. The highest BCUT2D eigenvalue weighted by molar-refractivity contribution is 7.19. The second-order valence-corrected chi connectivity index (χ2v) is 11.8. The Morgan fingerprint density at radius 3 is 2.40 bits per heavy atom. The van der Waals surface area contributed by atoms with Crippen LogP contribution in [0.1, 0.15) is 71.7 Å². The van der Waals surface area contributed by atoms with Crippen LogP contribution in [0.2, 0.25) is 0 Å². The van der Waals surface area contributed by atoms with Gasteiger partial charge in [-0.25, -0.2) is 4.79 Å².